The number of hydrogen-bond acceptors (Lipinski definition) is 1. The molecule has 2 aliphatic carbocycles. The summed E-state index contributed by atoms with van der Waals surface area (Å²) in [5.74, 6) is 0. The van der Waals surface area contributed by atoms with Gasteiger partial charge in [-0.1, -0.05) is 196 Å². The second-order valence-electron chi connectivity index (χ2n) is 19.0. The van der Waals surface area contributed by atoms with Gasteiger partial charge in [-0.15, -0.1) is 0 Å². The van der Waals surface area contributed by atoms with Crippen LogP contribution >= 0.6 is 0 Å². The maximum absolute atomic E-state index is 2.51. The molecule has 0 amide bonds. The smallest absolute Gasteiger partial charge is 0.0547 e. The average molecular weight is 857 g/mol. The summed E-state index contributed by atoms with van der Waals surface area (Å²) in [5.41, 5.74) is 23.2. The summed E-state index contributed by atoms with van der Waals surface area (Å²) < 4.78 is 2.41. The minimum atomic E-state index is -0.295. The van der Waals surface area contributed by atoms with Gasteiger partial charge in [-0.3, -0.25) is 0 Å². The summed E-state index contributed by atoms with van der Waals surface area (Å²) in [6.45, 7) is 7.14. The monoisotopic (exact) mass is 856 g/mol. The van der Waals surface area contributed by atoms with Crippen molar-refractivity contribution in [1.82, 2.24) is 4.57 Å². The molecule has 67 heavy (non-hydrogen) atoms. The molecule has 0 saturated heterocycles. The van der Waals surface area contributed by atoms with Gasteiger partial charge in [0.25, 0.3) is 0 Å². The minimum Gasteiger partial charge on any atom is -0.310 e. The Bertz CT molecular complexity index is 3740. The zero-order chi connectivity index (χ0) is 44.9. The fourth-order valence-corrected chi connectivity index (χ4v) is 11.9. The first-order valence-electron chi connectivity index (χ1n) is 23.5. The molecule has 0 bridgehead atoms. The summed E-state index contributed by atoms with van der Waals surface area (Å²) in [5, 5.41) is 2.49. The van der Waals surface area contributed by atoms with Crippen LogP contribution in [0, 0.1) is 0 Å². The third-order valence-corrected chi connectivity index (χ3v) is 15.1. The van der Waals surface area contributed by atoms with Gasteiger partial charge in [0.1, 0.15) is 0 Å². The van der Waals surface area contributed by atoms with Crippen LogP contribution in [-0.4, -0.2) is 4.57 Å². The molecule has 318 valence electrons. The van der Waals surface area contributed by atoms with Crippen molar-refractivity contribution >= 4 is 38.9 Å². The van der Waals surface area contributed by atoms with Crippen molar-refractivity contribution < 1.29 is 0 Å². The molecule has 0 radical (unpaired) electrons. The lowest BCUT2D eigenvalue weighted by Crippen LogP contribution is -2.22. The van der Waals surface area contributed by atoms with Crippen LogP contribution in [0.2, 0.25) is 0 Å². The number of anilines is 3. The summed E-state index contributed by atoms with van der Waals surface area (Å²) >= 11 is 0. The Morgan fingerprint density at radius 1 is 0.373 bits per heavy atom. The molecule has 1 unspecified atom stereocenters. The van der Waals surface area contributed by atoms with Gasteiger partial charge in [0.15, 0.2) is 0 Å². The van der Waals surface area contributed by atoms with Crippen molar-refractivity contribution in [2.45, 2.75) is 31.6 Å². The molecule has 2 aliphatic rings. The highest BCUT2D eigenvalue weighted by molar-refractivity contribution is 6.16. The maximum atomic E-state index is 2.51. The predicted molar refractivity (Wildman–Crippen MR) is 281 cm³/mol. The minimum absolute atomic E-state index is 0.117. The summed E-state index contributed by atoms with van der Waals surface area (Å²) in [6, 6.07) is 87.8. The zero-order valence-corrected chi connectivity index (χ0v) is 37.9. The highest BCUT2D eigenvalue weighted by Crippen LogP contribution is 2.56. The summed E-state index contributed by atoms with van der Waals surface area (Å²) in [7, 11) is 0. The molecule has 2 heteroatoms. The second-order valence-corrected chi connectivity index (χ2v) is 19.0. The second kappa shape index (κ2) is 14.9. The van der Waals surface area contributed by atoms with Crippen molar-refractivity contribution in [1.29, 1.82) is 0 Å². The molecular weight excluding hydrogens is 809 g/mol. The fourth-order valence-electron chi connectivity index (χ4n) is 11.9. The van der Waals surface area contributed by atoms with Crippen molar-refractivity contribution in [3.8, 4) is 50.2 Å². The lowest BCUT2D eigenvalue weighted by molar-refractivity contribution is 0.660. The average Bonchev–Trinajstić information content (AvgIpc) is 3.95. The van der Waals surface area contributed by atoms with E-state index in [0.717, 1.165) is 22.7 Å². The SMILES string of the molecule is CC1(C)c2ccccc2-c2c(-c3ccccc3N(c3cccc(-c4cccc5c4c4ccccc4n5-c4ccccc4)c3)c3ccc4c(c3)-c3ccccc3C4(C)c3ccccc3)cccc21. The van der Waals surface area contributed by atoms with E-state index < -0.39 is 0 Å². The van der Waals surface area contributed by atoms with E-state index in [0.29, 0.717) is 0 Å². The molecule has 0 fully saturated rings. The number of nitrogens with zero attached hydrogens (tertiary/aromatic N) is 2. The number of hydrogen-bond donors (Lipinski definition) is 0. The molecule has 10 aromatic carbocycles. The summed E-state index contributed by atoms with van der Waals surface area (Å²) in [6.07, 6.45) is 0. The molecule has 0 N–H and O–H groups in total. The predicted octanol–water partition coefficient (Wildman–Crippen LogP) is 17.2. The van der Waals surface area contributed by atoms with Crippen LogP contribution in [0.15, 0.2) is 237 Å². The molecule has 1 aromatic heterocycles. The normalized spacial score (nSPS) is 15.3. The van der Waals surface area contributed by atoms with E-state index in [4.69, 9.17) is 0 Å². The van der Waals surface area contributed by atoms with Gasteiger partial charge in [0.2, 0.25) is 0 Å². The highest BCUT2D eigenvalue weighted by Gasteiger charge is 2.41. The van der Waals surface area contributed by atoms with E-state index >= 15 is 0 Å². The Morgan fingerprint density at radius 3 is 1.79 bits per heavy atom. The summed E-state index contributed by atoms with van der Waals surface area (Å²) in [4.78, 5) is 2.51. The molecule has 1 atom stereocenters. The zero-order valence-electron chi connectivity index (χ0n) is 37.9. The van der Waals surface area contributed by atoms with Gasteiger partial charge in [0, 0.05) is 44.2 Å². The van der Waals surface area contributed by atoms with Crippen LogP contribution in [0.4, 0.5) is 17.1 Å². The third kappa shape index (κ3) is 5.76. The first-order chi connectivity index (χ1) is 32.9. The molecule has 11 aromatic rings. The van der Waals surface area contributed by atoms with Crippen molar-refractivity contribution in [3.63, 3.8) is 0 Å². The largest absolute Gasteiger partial charge is 0.310 e. The molecule has 2 nitrogen and oxygen atoms in total. The topological polar surface area (TPSA) is 8.17 Å². The Hall–Kier alpha value is -8.20. The van der Waals surface area contributed by atoms with Crippen LogP contribution in [0.3, 0.4) is 0 Å². The van der Waals surface area contributed by atoms with Gasteiger partial charge < -0.3 is 9.47 Å². The highest BCUT2D eigenvalue weighted by atomic mass is 15.1. The Morgan fingerprint density at radius 2 is 0.955 bits per heavy atom. The Labute approximate surface area is 392 Å². The fraction of sp³-hybridized carbons (Fsp3) is 0.0769. The lowest BCUT2D eigenvalue weighted by atomic mass is 9.74. The number of benzene rings is 10. The van der Waals surface area contributed by atoms with Crippen molar-refractivity contribution in [3.05, 3.63) is 264 Å². The molecule has 0 aliphatic heterocycles. The first-order valence-corrected chi connectivity index (χ1v) is 23.5. The number of para-hydroxylation sites is 3. The quantitative estimate of drug-likeness (QED) is 0.155. The van der Waals surface area contributed by atoms with Crippen LogP contribution in [-0.2, 0) is 10.8 Å². The molecular formula is C65H48N2. The van der Waals surface area contributed by atoms with Gasteiger partial charge in [-0.2, -0.15) is 0 Å². The van der Waals surface area contributed by atoms with Crippen LogP contribution in [0.1, 0.15) is 48.6 Å². The van der Waals surface area contributed by atoms with E-state index in [-0.39, 0.29) is 10.8 Å². The Balaban J connectivity index is 1.06. The number of fused-ring (bicyclic) bond motifs is 9. The third-order valence-electron chi connectivity index (χ3n) is 15.1. The standard InChI is InChI=1S/C65H48N2/c1-64(2)55-33-14-11-29-52(55)62-51(32-19-35-58(62)64)50-28-12-16-36-59(50)66(47-39-40-57-54(42-47)49-27-10-15-34-56(49)65(57,3)44-22-6-4-7-23-44)46-26-18-21-43(41-46)48-31-20-38-61-63(48)53-30-13-17-37-60(53)67(61)45-24-8-5-9-25-45/h4-42H,1-3H3. The van der Waals surface area contributed by atoms with Gasteiger partial charge >= 0.3 is 0 Å². The van der Waals surface area contributed by atoms with E-state index in [1.165, 1.54) is 94.1 Å². The van der Waals surface area contributed by atoms with E-state index in [2.05, 4.69) is 267 Å². The number of rotatable bonds is 7. The Kier molecular flexibility index (Phi) is 8.73. The molecule has 0 spiro atoms. The molecule has 13 rings (SSSR count). The first kappa shape index (κ1) is 39.2. The van der Waals surface area contributed by atoms with Gasteiger partial charge in [-0.25, -0.2) is 0 Å². The van der Waals surface area contributed by atoms with Gasteiger partial charge in [0.05, 0.1) is 16.7 Å². The van der Waals surface area contributed by atoms with E-state index in [9.17, 15) is 0 Å². The van der Waals surface area contributed by atoms with Gasteiger partial charge in [-0.05, 0) is 128 Å². The maximum Gasteiger partial charge on any atom is 0.0547 e. The molecule has 0 saturated carbocycles. The number of aromatic nitrogens is 1. The van der Waals surface area contributed by atoms with Crippen LogP contribution in [0.5, 0.6) is 0 Å². The molecule has 1 heterocycles. The van der Waals surface area contributed by atoms with Crippen molar-refractivity contribution in [2.75, 3.05) is 4.90 Å². The van der Waals surface area contributed by atoms with Crippen molar-refractivity contribution in [2.24, 2.45) is 0 Å². The van der Waals surface area contributed by atoms with Crippen LogP contribution < -0.4 is 4.90 Å². The van der Waals surface area contributed by atoms with E-state index in [1.807, 2.05) is 0 Å². The lowest BCUT2D eigenvalue weighted by Gasteiger charge is -2.31. The van der Waals surface area contributed by atoms with Crippen LogP contribution in [0.25, 0.3) is 72.0 Å². The van der Waals surface area contributed by atoms with E-state index in [1.54, 1.807) is 0 Å².